The third-order valence-electron chi connectivity index (χ3n) is 5.26. The molecule has 0 aromatic rings. The molecule has 146 valence electrons. The second kappa shape index (κ2) is 21.0. The van der Waals surface area contributed by atoms with Gasteiger partial charge in [0.2, 0.25) is 0 Å². The smallest absolute Gasteiger partial charge is 0.0540 e. The molecular formula is C23H48O. The van der Waals surface area contributed by atoms with Gasteiger partial charge in [-0.15, -0.1) is 0 Å². The van der Waals surface area contributed by atoms with Gasteiger partial charge < -0.3 is 5.11 Å². The molecular weight excluding hydrogens is 292 g/mol. The Morgan fingerprint density at radius 2 is 0.750 bits per heavy atom. The van der Waals surface area contributed by atoms with Gasteiger partial charge in [-0.1, -0.05) is 129 Å². The molecule has 0 radical (unpaired) electrons. The molecule has 0 aromatic carbocycles. The SMILES string of the molecule is CCCCCCCCCCCCCCCCCCCC(O)CCC. The van der Waals surface area contributed by atoms with Crippen LogP contribution in [-0.4, -0.2) is 11.2 Å². The van der Waals surface area contributed by atoms with Crippen molar-refractivity contribution in [3.63, 3.8) is 0 Å². The van der Waals surface area contributed by atoms with Crippen LogP contribution in [-0.2, 0) is 0 Å². The minimum Gasteiger partial charge on any atom is -0.393 e. The Kier molecular flexibility index (Phi) is 21.0. The number of unbranched alkanes of at least 4 members (excludes halogenated alkanes) is 16. The van der Waals surface area contributed by atoms with E-state index in [0.29, 0.717) is 0 Å². The van der Waals surface area contributed by atoms with Crippen molar-refractivity contribution in [1.29, 1.82) is 0 Å². The van der Waals surface area contributed by atoms with Crippen LogP contribution in [0.25, 0.3) is 0 Å². The maximum absolute atomic E-state index is 9.67. The van der Waals surface area contributed by atoms with Crippen molar-refractivity contribution in [2.45, 2.75) is 148 Å². The van der Waals surface area contributed by atoms with Gasteiger partial charge in [-0.25, -0.2) is 0 Å². The van der Waals surface area contributed by atoms with Crippen LogP contribution in [0.2, 0.25) is 0 Å². The second-order valence-electron chi connectivity index (χ2n) is 7.89. The third-order valence-corrected chi connectivity index (χ3v) is 5.26. The molecule has 1 heteroatoms. The molecule has 24 heavy (non-hydrogen) atoms. The first-order valence-corrected chi connectivity index (χ1v) is 11.5. The summed E-state index contributed by atoms with van der Waals surface area (Å²) in [7, 11) is 0. The Balaban J connectivity index is 3.00. The van der Waals surface area contributed by atoms with Crippen LogP contribution in [0.4, 0.5) is 0 Å². The van der Waals surface area contributed by atoms with E-state index in [1.54, 1.807) is 0 Å². The molecule has 0 saturated heterocycles. The third kappa shape index (κ3) is 20.0. The number of hydrogen-bond acceptors (Lipinski definition) is 1. The molecule has 1 unspecified atom stereocenters. The fourth-order valence-corrected chi connectivity index (χ4v) is 3.58. The van der Waals surface area contributed by atoms with Crippen LogP contribution in [0, 0.1) is 0 Å². The Labute approximate surface area is 154 Å². The zero-order chi connectivity index (χ0) is 17.7. The van der Waals surface area contributed by atoms with E-state index >= 15 is 0 Å². The van der Waals surface area contributed by atoms with Crippen molar-refractivity contribution in [2.75, 3.05) is 0 Å². The average molecular weight is 341 g/mol. The number of aliphatic hydroxyl groups excluding tert-OH is 1. The molecule has 0 aromatic heterocycles. The van der Waals surface area contributed by atoms with Crippen LogP contribution >= 0.6 is 0 Å². The molecule has 0 spiro atoms. The Morgan fingerprint density at radius 3 is 1.08 bits per heavy atom. The molecule has 0 rings (SSSR count). The second-order valence-corrected chi connectivity index (χ2v) is 7.89. The summed E-state index contributed by atoms with van der Waals surface area (Å²) in [6.45, 7) is 4.44. The summed E-state index contributed by atoms with van der Waals surface area (Å²) < 4.78 is 0. The van der Waals surface area contributed by atoms with Gasteiger partial charge in [0.15, 0.2) is 0 Å². The molecule has 0 fully saturated rings. The summed E-state index contributed by atoms with van der Waals surface area (Å²) in [5.41, 5.74) is 0. The van der Waals surface area contributed by atoms with E-state index in [0.717, 1.165) is 19.3 Å². The van der Waals surface area contributed by atoms with Crippen molar-refractivity contribution in [3.8, 4) is 0 Å². The molecule has 0 heterocycles. The molecule has 1 N–H and O–H groups in total. The normalized spacial score (nSPS) is 12.6. The van der Waals surface area contributed by atoms with E-state index in [1.165, 1.54) is 109 Å². The first-order valence-electron chi connectivity index (χ1n) is 11.5. The monoisotopic (exact) mass is 340 g/mol. The zero-order valence-corrected chi connectivity index (χ0v) is 17.2. The number of aliphatic hydroxyl groups is 1. The predicted octanol–water partition coefficient (Wildman–Crippen LogP) is 8.19. The van der Waals surface area contributed by atoms with Crippen molar-refractivity contribution in [3.05, 3.63) is 0 Å². The van der Waals surface area contributed by atoms with Crippen LogP contribution in [0.5, 0.6) is 0 Å². The Morgan fingerprint density at radius 1 is 0.417 bits per heavy atom. The topological polar surface area (TPSA) is 20.2 Å². The van der Waals surface area contributed by atoms with E-state index in [2.05, 4.69) is 13.8 Å². The first kappa shape index (κ1) is 24.0. The van der Waals surface area contributed by atoms with Gasteiger partial charge in [0.05, 0.1) is 6.10 Å². The van der Waals surface area contributed by atoms with Gasteiger partial charge in [-0.05, 0) is 12.8 Å². The summed E-state index contributed by atoms with van der Waals surface area (Å²) >= 11 is 0. The highest BCUT2D eigenvalue weighted by molar-refractivity contribution is 4.55. The van der Waals surface area contributed by atoms with E-state index in [1.807, 2.05) is 0 Å². The van der Waals surface area contributed by atoms with Crippen LogP contribution in [0.3, 0.4) is 0 Å². The lowest BCUT2D eigenvalue weighted by molar-refractivity contribution is 0.150. The van der Waals surface area contributed by atoms with E-state index in [4.69, 9.17) is 0 Å². The molecule has 0 bridgehead atoms. The number of rotatable bonds is 20. The maximum atomic E-state index is 9.67. The molecule has 0 saturated carbocycles. The Hall–Kier alpha value is -0.0400. The van der Waals surface area contributed by atoms with Crippen LogP contribution in [0.15, 0.2) is 0 Å². The molecule has 1 nitrogen and oxygen atoms in total. The van der Waals surface area contributed by atoms with Gasteiger partial charge in [0.1, 0.15) is 0 Å². The first-order chi connectivity index (χ1) is 11.8. The maximum Gasteiger partial charge on any atom is 0.0540 e. The zero-order valence-electron chi connectivity index (χ0n) is 17.2. The lowest BCUT2D eigenvalue weighted by Crippen LogP contribution is -2.04. The minimum absolute atomic E-state index is 0.0358. The summed E-state index contributed by atoms with van der Waals surface area (Å²) in [5.74, 6) is 0. The van der Waals surface area contributed by atoms with Gasteiger partial charge in [-0.2, -0.15) is 0 Å². The van der Waals surface area contributed by atoms with Crippen molar-refractivity contribution >= 4 is 0 Å². The van der Waals surface area contributed by atoms with Gasteiger partial charge in [0, 0.05) is 0 Å². The summed E-state index contributed by atoms with van der Waals surface area (Å²) in [6, 6.07) is 0. The molecule has 0 aliphatic carbocycles. The van der Waals surface area contributed by atoms with Gasteiger partial charge >= 0.3 is 0 Å². The predicted molar refractivity (Wildman–Crippen MR) is 110 cm³/mol. The summed E-state index contributed by atoms with van der Waals surface area (Å²) in [5, 5.41) is 9.67. The fraction of sp³-hybridized carbons (Fsp3) is 1.00. The highest BCUT2D eigenvalue weighted by Crippen LogP contribution is 2.15. The summed E-state index contributed by atoms with van der Waals surface area (Å²) in [4.78, 5) is 0. The average Bonchev–Trinajstić information content (AvgIpc) is 2.58. The largest absolute Gasteiger partial charge is 0.393 e. The number of hydrogen-bond donors (Lipinski definition) is 1. The highest BCUT2D eigenvalue weighted by atomic mass is 16.3. The highest BCUT2D eigenvalue weighted by Gasteiger charge is 2.01. The van der Waals surface area contributed by atoms with Crippen molar-refractivity contribution in [1.82, 2.24) is 0 Å². The molecule has 0 aliphatic heterocycles. The Bertz CT molecular complexity index is 214. The minimum atomic E-state index is -0.0358. The quantitative estimate of drug-likeness (QED) is 0.221. The van der Waals surface area contributed by atoms with Crippen molar-refractivity contribution < 1.29 is 5.11 Å². The standard InChI is InChI=1S/C23H48O/c1-3-5-6-7-8-9-10-11-12-13-14-15-16-17-18-19-20-22-23(24)21-4-2/h23-24H,3-22H2,1-2H3. The lowest BCUT2D eigenvalue weighted by atomic mass is 10.0. The van der Waals surface area contributed by atoms with E-state index < -0.39 is 0 Å². The van der Waals surface area contributed by atoms with Crippen LogP contribution in [0.1, 0.15) is 142 Å². The van der Waals surface area contributed by atoms with E-state index in [9.17, 15) is 5.11 Å². The fourth-order valence-electron chi connectivity index (χ4n) is 3.58. The molecule has 0 aliphatic rings. The molecule has 1 atom stereocenters. The van der Waals surface area contributed by atoms with Crippen molar-refractivity contribution in [2.24, 2.45) is 0 Å². The van der Waals surface area contributed by atoms with Crippen LogP contribution < -0.4 is 0 Å². The molecule has 0 amide bonds. The van der Waals surface area contributed by atoms with E-state index in [-0.39, 0.29) is 6.10 Å². The summed E-state index contributed by atoms with van der Waals surface area (Å²) in [6.07, 6.45) is 27.2. The van der Waals surface area contributed by atoms with Gasteiger partial charge in [0.25, 0.3) is 0 Å². The lowest BCUT2D eigenvalue weighted by Gasteiger charge is -2.08. The van der Waals surface area contributed by atoms with Gasteiger partial charge in [-0.3, -0.25) is 0 Å².